The molecule has 6 nitrogen and oxygen atoms in total. The molecule has 0 aliphatic carbocycles. The normalized spacial score (nSPS) is 15.1. The highest BCUT2D eigenvalue weighted by Gasteiger charge is 2.31. The van der Waals surface area contributed by atoms with Gasteiger partial charge >= 0.3 is 0 Å². The summed E-state index contributed by atoms with van der Waals surface area (Å²) >= 11 is 1.17. The van der Waals surface area contributed by atoms with Gasteiger partial charge in [-0.3, -0.25) is 4.79 Å². The summed E-state index contributed by atoms with van der Waals surface area (Å²) in [6, 6.07) is 5.53. The zero-order valence-electron chi connectivity index (χ0n) is 12.8. The van der Waals surface area contributed by atoms with Gasteiger partial charge in [-0.05, 0) is 18.2 Å². The van der Waals surface area contributed by atoms with Crippen molar-refractivity contribution in [1.29, 1.82) is 0 Å². The number of fused-ring (bicyclic) bond motifs is 1. The molecule has 4 rings (SSSR count). The van der Waals surface area contributed by atoms with Gasteiger partial charge in [0.1, 0.15) is 16.9 Å². The Labute approximate surface area is 138 Å². The van der Waals surface area contributed by atoms with Crippen molar-refractivity contribution in [1.82, 2.24) is 23.2 Å². The second-order valence-corrected chi connectivity index (χ2v) is 6.42. The van der Waals surface area contributed by atoms with Crippen molar-refractivity contribution in [2.24, 2.45) is 5.92 Å². The lowest BCUT2D eigenvalue weighted by Crippen LogP contribution is -2.51. The number of imidazole rings is 1. The average molecular weight is 327 g/mol. The number of benzene rings is 1. The second-order valence-electron chi connectivity index (χ2n) is 5.89. The number of hydrogen-bond acceptors (Lipinski definition) is 5. The first kappa shape index (κ1) is 14.3. The van der Waals surface area contributed by atoms with Gasteiger partial charge in [-0.1, -0.05) is 6.92 Å². The van der Waals surface area contributed by atoms with Gasteiger partial charge in [0, 0.05) is 49.9 Å². The number of carbonyl (C=O) groups is 1. The van der Waals surface area contributed by atoms with Crippen molar-refractivity contribution in [2.45, 2.75) is 19.9 Å². The Bertz CT molecular complexity index is 849. The van der Waals surface area contributed by atoms with Gasteiger partial charge in [-0.15, -0.1) is 0 Å². The van der Waals surface area contributed by atoms with Crippen LogP contribution in [0, 0.1) is 5.92 Å². The minimum atomic E-state index is 0.0810. The largest absolute Gasteiger partial charge is 0.338 e. The van der Waals surface area contributed by atoms with Crippen molar-refractivity contribution in [3.63, 3.8) is 0 Å². The van der Waals surface area contributed by atoms with E-state index in [1.807, 2.05) is 35.5 Å². The molecule has 0 bridgehead atoms. The van der Waals surface area contributed by atoms with Gasteiger partial charge in [-0.2, -0.15) is 8.75 Å². The molecule has 2 aromatic heterocycles. The Morgan fingerprint density at radius 1 is 1.30 bits per heavy atom. The summed E-state index contributed by atoms with van der Waals surface area (Å²) in [7, 11) is 0. The summed E-state index contributed by atoms with van der Waals surface area (Å²) in [5.41, 5.74) is 2.34. The Morgan fingerprint density at radius 3 is 2.96 bits per heavy atom. The van der Waals surface area contributed by atoms with E-state index < -0.39 is 0 Å². The first-order valence-corrected chi connectivity index (χ1v) is 8.49. The molecule has 0 radical (unpaired) electrons. The molecule has 3 aromatic rings. The number of rotatable bonds is 4. The fourth-order valence-electron chi connectivity index (χ4n) is 3.05. The van der Waals surface area contributed by atoms with Crippen LogP contribution in [0.15, 0.2) is 30.6 Å². The van der Waals surface area contributed by atoms with E-state index >= 15 is 0 Å². The molecule has 0 saturated carbocycles. The monoisotopic (exact) mass is 327 g/mol. The van der Waals surface area contributed by atoms with E-state index in [2.05, 4.69) is 25.2 Å². The van der Waals surface area contributed by atoms with Crippen LogP contribution in [0.25, 0.3) is 11.0 Å². The predicted molar refractivity (Wildman–Crippen MR) is 88.4 cm³/mol. The van der Waals surface area contributed by atoms with E-state index in [1.54, 1.807) is 0 Å². The molecule has 0 unspecified atom stereocenters. The third kappa shape index (κ3) is 2.61. The summed E-state index contributed by atoms with van der Waals surface area (Å²) in [4.78, 5) is 18.8. The van der Waals surface area contributed by atoms with E-state index in [-0.39, 0.29) is 5.91 Å². The molecule has 0 spiro atoms. The van der Waals surface area contributed by atoms with Crippen molar-refractivity contribution in [3.05, 3.63) is 42.0 Å². The van der Waals surface area contributed by atoms with Crippen LogP contribution in [0.3, 0.4) is 0 Å². The summed E-state index contributed by atoms with van der Waals surface area (Å²) in [6.07, 6.45) is 4.80. The van der Waals surface area contributed by atoms with Gasteiger partial charge in [0.25, 0.3) is 5.91 Å². The van der Waals surface area contributed by atoms with Crippen molar-refractivity contribution in [3.8, 4) is 0 Å². The number of nitrogens with zero attached hydrogens (tertiary/aromatic N) is 5. The van der Waals surface area contributed by atoms with Gasteiger partial charge < -0.3 is 9.47 Å². The zero-order valence-corrected chi connectivity index (χ0v) is 13.7. The van der Waals surface area contributed by atoms with E-state index in [1.165, 1.54) is 11.7 Å². The fourth-order valence-corrected chi connectivity index (χ4v) is 3.57. The van der Waals surface area contributed by atoms with Gasteiger partial charge in [-0.25, -0.2) is 4.98 Å². The van der Waals surface area contributed by atoms with Crippen LogP contribution in [-0.2, 0) is 13.0 Å². The average Bonchev–Trinajstić information content (AvgIpc) is 3.17. The Hall–Kier alpha value is -2.28. The first-order chi connectivity index (χ1) is 11.2. The maximum Gasteiger partial charge on any atom is 0.253 e. The van der Waals surface area contributed by atoms with Crippen LogP contribution >= 0.6 is 11.7 Å². The van der Waals surface area contributed by atoms with E-state index in [0.29, 0.717) is 11.5 Å². The van der Waals surface area contributed by atoms with Crippen LogP contribution in [0.5, 0.6) is 0 Å². The molecule has 118 valence electrons. The molecule has 23 heavy (non-hydrogen) atoms. The third-order valence-corrected chi connectivity index (χ3v) is 4.87. The highest BCUT2D eigenvalue weighted by molar-refractivity contribution is 7.00. The molecule has 1 fully saturated rings. The quantitative estimate of drug-likeness (QED) is 0.737. The van der Waals surface area contributed by atoms with E-state index in [4.69, 9.17) is 0 Å². The molecule has 0 N–H and O–H groups in total. The summed E-state index contributed by atoms with van der Waals surface area (Å²) in [5.74, 6) is 1.69. The Balaban J connectivity index is 1.40. The molecule has 0 atom stereocenters. The highest BCUT2D eigenvalue weighted by atomic mass is 32.1. The van der Waals surface area contributed by atoms with Gasteiger partial charge in [0.2, 0.25) is 0 Å². The van der Waals surface area contributed by atoms with Crippen LogP contribution < -0.4 is 0 Å². The van der Waals surface area contributed by atoms with Crippen molar-refractivity contribution >= 4 is 28.7 Å². The van der Waals surface area contributed by atoms with E-state index in [0.717, 1.165) is 42.9 Å². The molecule has 7 heteroatoms. The molecular weight excluding hydrogens is 310 g/mol. The highest BCUT2D eigenvalue weighted by Crippen LogP contribution is 2.22. The molecule has 1 saturated heterocycles. The minimum absolute atomic E-state index is 0.0810. The van der Waals surface area contributed by atoms with Crippen LogP contribution in [0.2, 0.25) is 0 Å². The number of likely N-dealkylation sites (tertiary alicyclic amines) is 1. The number of aryl methyl sites for hydroxylation is 1. The summed E-state index contributed by atoms with van der Waals surface area (Å²) < 4.78 is 10.6. The van der Waals surface area contributed by atoms with E-state index in [9.17, 15) is 4.79 Å². The molecule has 1 aliphatic heterocycles. The van der Waals surface area contributed by atoms with Crippen LogP contribution in [-0.4, -0.2) is 42.2 Å². The number of amides is 1. The van der Waals surface area contributed by atoms with Crippen molar-refractivity contribution in [2.75, 3.05) is 13.1 Å². The maximum atomic E-state index is 12.5. The molecular formula is C16H17N5OS. The van der Waals surface area contributed by atoms with Crippen LogP contribution in [0.4, 0.5) is 0 Å². The molecule has 1 aromatic carbocycles. The number of hydrogen-bond donors (Lipinski definition) is 0. The molecule has 3 heterocycles. The van der Waals surface area contributed by atoms with Gasteiger partial charge in [0.05, 0.1) is 11.7 Å². The molecule has 1 amide bonds. The maximum absolute atomic E-state index is 12.5. The predicted octanol–water partition coefficient (Wildman–Crippen LogP) is 2.22. The second kappa shape index (κ2) is 5.73. The summed E-state index contributed by atoms with van der Waals surface area (Å²) in [5, 5.41) is 0. The lowest BCUT2D eigenvalue weighted by Gasteiger charge is -2.39. The number of aromatic nitrogens is 4. The standard InChI is InChI=1S/C16H17N5OS/c1-2-15-17-5-6-20(15)8-11-9-21(10-11)16(22)12-3-4-13-14(7-12)19-23-18-13/h3-7,11H,2,8-10H2,1H3. The topological polar surface area (TPSA) is 63.9 Å². The third-order valence-electron chi connectivity index (χ3n) is 4.32. The van der Waals surface area contributed by atoms with Crippen LogP contribution in [0.1, 0.15) is 23.1 Å². The Kier molecular flexibility index (Phi) is 3.57. The minimum Gasteiger partial charge on any atom is -0.338 e. The SMILES string of the molecule is CCc1nccn1CC1CN(C(=O)c2ccc3nsnc3c2)C1. The Morgan fingerprint density at radius 2 is 2.13 bits per heavy atom. The lowest BCUT2D eigenvalue weighted by molar-refractivity contribution is 0.0467. The smallest absolute Gasteiger partial charge is 0.253 e. The number of carbonyl (C=O) groups excluding carboxylic acids is 1. The lowest BCUT2D eigenvalue weighted by atomic mass is 9.98. The first-order valence-electron chi connectivity index (χ1n) is 7.76. The molecule has 1 aliphatic rings. The van der Waals surface area contributed by atoms with Gasteiger partial charge in [0.15, 0.2) is 0 Å². The zero-order chi connectivity index (χ0) is 15.8. The summed E-state index contributed by atoms with van der Waals surface area (Å²) in [6.45, 7) is 4.64. The fraction of sp³-hybridized carbons (Fsp3) is 0.375. The van der Waals surface area contributed by atoms with Crippen molar-refractivity contribution < 1.29 is 4.79 Å².